The molecule has 6 heteroatoms. The lowest BCUT2D eigenvalue weighted by Crippen LogP contribution is -2.44. The van der Waals surface area contributed by atoms with Crippen LogP contribution in [0.15, 0.2) is 5.11 Å². The molecule has 1 aliphatic rings. The molecule has 1 N–H and O–H groups in total. The van der Waals surface area contributed by atoms with E-state index in [1.807, 2.05) is 6.92 Å². The lowest BCUT2D eigenvalue weighted by molar-refractivity contribution is -0.139. The predicted molar refractivity (Wildman–Crippen MR) is 55.2 cm³/mol. The molecule has 6 nitrogen and oxygen atoms in total. The second-order valence-electron chi connectivity index (χ2n) is 3.75. The van der Waals surface area contributed by atoms with Gasteiger partial charge in [-0.05, 0) is 31.7 Å². The summed E-state index contributed by atoms with van der Waals surface area (Å²) in [5.74, 6) is -0.0686. The number of azide groups is 1. The van der Waals surface area contributed by atoms with Crippen LogP contribution in [0.1, 0.15) is 26.2 Å². The van der Waals surface area contributed by atoms with Gasteiger partial charge in [-0.1, -0.05) is 5.11 Å². The zero-order valence-electron chi connectivity index (χ0n) is 8.90. The van der Waals surface area contributed by atoms with Crippen molar-refractivity contribution in [2.24, 2.45) is 5.11 Å². The molecule has 0 saturated carbocycles. The Morgan fingerprint density at radius 3 is 3.13 bits per heavy atom. The summed E-state index contributed by atoms with van der Waals surface area (Å²) in [6, 6.07) is 0. The van der Waals surface area contributed by atoms with E-state index in [4.69, 9.17) is 10.3 Å². The van der Waals surface area contributed by atoms with Crippen LogP contribution in [0.2, 0.25) is 0 Å². The summed E-state index contributed by atoms with van der Waals surface area (Å²) in [6.45, 7) is 3.40. The molecule has 1 saturated heterocycles. The Kier molecular flexibility index (Phi) is 4.39. The number of amides is 1. The van der Waals surface area contributed by atoms with Crippen molar-refractivity contribution in [2.75, 3.05) is 19.7 Å². The van der Waals surface area contributed by atoms with Crippen molar-refractivity contribution in [3.63, 3.8) is 0 Å². The van der Waals surface area contributed by atoms with Crippen LogP contribution in [-0.2, 0) is 9.53 Å². The summed E-state index contributed by atoms with van der Waals surface area (Å²) < 4.78 is 5.39. The lowest BCUT2D eigenvalue weighted by atomic mass is 10.0. The van der Waals surface area contributed by atoms with Crippen molar-refractivity contribution in [1.82, 2.24) is 5.32 Å². The normalized spacial score (nSPS) is 24.6. The Labute approximate surface area is 88.6 Å². The number of rotatable bonds is 5. The molecule has 15 heavy (non-hydrogen) atoms. The fourth-order valence-corrected chi connectivity index (χ4v) is 1.54. The van der Waals surface area contributed by atoms with Crippen LogP contribution in [0.25, 0.3) is 10.4 Å². The number of carbonyl (C=O) groups excluding carboxylic acids is 1. The minimum absolute atomic E-state index is 0.0686. The first-order valence-electron chi connectivity index (χ1n) is 5.12. The molecule has 1 amide bonds. The average Bonchev–Trinajstić information content (AvgIpc) is 2.66. The first kappa shape index (κ1) is 11.8. The van der Waals surface area contributed by atoms with E-state index in [2.05, 4.69) is 15.3 Å². The molecule has 0 aromatic carbocycles. The summed E-state index contributed by atoms with van der Waals surface area (Å²) in [7, 11) is 0. The molecule has 1 rings (SSSR count). The third-order valence-corrected chi connectivity index (χ3v) is 2.48. The van der Waals surface area contributed by atoms with Gasteiger partial charge in [0.15, 0.2) is 0 Å². The van der Waals surface area contributed by atoms with Gasteiger partial charge in [0.25, 0.3) is 5.91 Å². The van der Waals surface area contributed by atoms with E-state index in [0.29, 0.717) is 26.1 Å². The van der Waals surface area contributed by atoms with E-state index in [0.717, 1.165) is 12.8 Å². The second-order valence-corrected chi connectivity index (χ2v) is 3.75. The first-order valence-corrected chi connectivity index (χ1v) is 5.12. The van der Waals surface area contributed by atoms with Gasteiger partial charge < -0.3 is 10.1 Å². The van der Waals surface area contributed by atoms with Crippen molar-refractivity contribution in [3.8, 4) is 0 Å². The Bertz CT molecular complexity index is 267. The molecular weight excluding hydrogens is 196 g/mol. The van der Waals surface area contributed by atoms with Gasteiger partial charge in [0, 0.05) is 24.6 Å². The standard InChI is InChI=1S/C9H16N4O2/c1-9(4-2-7-15-9)8(14)11-5-3-6-12-13-10/h2-7H2,1H3,(H,11,14). The quantitative estimate of drug-likeness (QED) is 0.323. The van der Waals surface area contributed by atoms with E-state index >= 15 is 0 Å². The van der Waals surface area contributed by atoms with Crippen LogP contribution >= 0.6 is 0 Å². The number of carbonyl (C=O) groups is 1. The molecule has 1 aliphatic heterocycles. The topological polar surface area (TPSA) is 87.1 Å². The van der Waals surface area contributed by atoms with Crippen LogP contribution in [-0.4, -0.2) is 31.2 Å². The van der Waals surface area contributed by atoms with Crippen LogP contribution in [0, 0.1) is 0 Å². The minimum atomic E-state index is -0.654. The second kappa shape index (κ2) is 5.58. The SMILES string of the molecule is CC1(C(=O)NCCCN=[N+]=[N-])CCCO1. The van der Waals surface area contributed by atoms with Gasteiger partial charge in [0.05, 0.1) is 0 Å². The molecule has 1 atom stereocenters. The molecule has 0 radical (unpaired) electrons. The van der Waals surface area contributed by atoms with Gasteiger partial charge in [-0.2, -0.15) is 0 Å². The van der Waals surface area contributed by atoms with Gasteiger partial charge in [-0.3, -0.25) is 4.79 Å². The predicted octanol–water partition coefficient (Wildman–Crippen LogP) is 1.37. The highest BCUT2D eigenvalue weighted by atomic mass is 16.5. The monoisotopic (exact) mass is 212 g/mol. The molecule has 0 aliphatic carbocycles. The summed E-state index contributed by atoms with van der Waals surface area (Å²) in [6.07, 6.45) is 2.36. The van der Waals surface area contributed by atoms with Gasteiger partial charge >= 0.3 is 0 Å². The Morgan fingerprint density at radius 1 is 1.73 bits per heavy atom. The Balaban J connectivity index is 2.20. The van der Waals surface area contributed by atoms with Gasteiger partial charge in [-0.15, -0.1) is 0 Å². The molecule has 1 heterocycles. The van der Waals surface area contributed by atoms with E-state index in [9.17, 15) is 4.79 Å². The van der Waals surface area contributed by atoms with E-state index in [1.54, 1.807) is 0 Å². The minimum Gasteiger partial charge on any atom is -0.365 e. The number of nitrogens with one attached hydrogen (secondary N) is 1. The van der Waals surface area contributed by atoms with E-state index in [-0.39, 0.29) is 5.91 Å². The molecule has 0 aromatic rings. The van der Waals surface area contributed by atoms with Crippen molar-refractivity contribution < 1.29 is 9.53 Å². The molecule has 1 unspecified atom stereocenters. The molecule has 0 bridgehead atoms. The maximum absolute atomic E-state index is 11.7. The van der Waals surface area contributed by atoms with Gasteiger partial charge in [0.2, 0.25) is 0 Å². The smallest absolute Gasteiger partial charge is 0.251 e. The summed E-state index contributed by atoms with van der Waals surface area (Å²) in [4.78, 5) is 14.3. The zero-order chi connectivity index (χ0) is 11.1. The third-order valence-electron chi connectivity index (χ3n) is 2.48. The Hall–Kier alpha value is -1.26. The van der Waals surface area contributed by atoms with Crippen LogP contribution in [0.4, 0.5) is 0 Å². The fraction of sp³-hybridized carbons (Fsp3) is 0.889. The number of nitrogens with zero attached hydrogens (tertiary/aromatic N) is 3. The Morgan fingerprint density at radius 2 is 2.53 bits per heavy atom. The molecule has 0 spiro atoms. The first-order chi connectivity index (χ1) is 7.19. The maximum Gasteiger partial charge on any atom is 0.251 e. The highest BCUT2D eigenvalue weighted by molar-refractivity contribution is 5.84. The summed E-state index contributed by atoms with van der Waals surface area (Å²) >= 11 is 0. The number of hydrogen-bond donors (Lipinski definition) is 1. The van der Waals surface area contributed by atoms with Crippen molar-refractivity contribution >= 4 is 5.91 Å². The van der Waals surface area contributed by atoms with Gasteiger partial charge in [0.1, 0.15) is 5.60 Å². The van der Waals surface area contributed by atoms with Crippen molar-refractivity contribution in [3.05, 3.63) is 10.4 Å². The summed E-state index contributed by atoms with van der Waals surface area (Å²) in [5, 5.41) is 6.16. The van der Waals surface area contributed by atoms with Crippen molar-refractivity contribution in [1.29, 1.82) is 0 Å². The van der Waals surface area contributed by atoms with Crippen LogP contribution in [0.5, 0.6) is 0 Å². The zero-order valence-corrected chi connectivity index (χ0v) is 8.90. The van der Waals surface area contributed by atoms with Crippen LogP contribution in [0.3, 0.4) is 0 Å². The number of ether oxygens (including phenoxy) is 1. The highest BCUT2D eigenvalue weighted by Gasteiger charge is 2.37. The van der Waals surface area contributed by atoms with Gasteiger partial charge in [-0.25, -0.2) is 0 Å². The largest absolute Gasteiger partial charge is 0.365 e. The summed E-state index contributed by atoms with van der Waals surface area (Å²) in [5.41, 5.74) is 7.39. The molecule has 84 valence electrons. The molecular formula is C9H16N4O2. The molecule has 0 aromatic heterocycles. The van der Waals surface area contributed by atoms with Crippen LogP contribution < -0.4 is 5.32 Å². The van der Waals surface area contributed by atoms with Crippen molar-refractivity contribution in [2.45, 2.75) is 31.8 Å². The third kappa shape index (κ3) is 3.42. The van der Waals surface area contributed by atoms with E-state index < -0.39 is 5.60 Å². The average molecular weight is 212 g/mol. The highest BCUT2D eigenvalue weighted by Crippen LogP contribution is 2.24. The van der Waals surface area contributed by atoms with E-state index in [1.165, 1.54) is 0 Å². The number of hydrogen-bond acceptors (Lipinski definition) is 3. The maximum atomic E-state index is 11.7. The molecule has 1 fully saturated rings. The lowest BCUT2D eigenvalue weighted by Gasteiger charge is -2.21. The fourth-order valence-electron chi connectivity index (χ4n) is 1.54.